The van der Waals surface area contributed by atoms with Gasteiger partial charge in [-0.05, 0) is 44.6 Å². The Bertz CT molecular complexity index is 876. The van der Waals surface area contributed by atoms with E-state index < -0.39 is 0 Å². The lowest BCUT2D eigenvalue weighted by Gasteiger charge is -2.30. The molecule has 132 valence electrons. The lowest BCUT2D eigenvalue weighted by Crippen LogP contribution is -2.34. The van der Waals surface area contributed by atoms with Crippen LogP contribution in [0.1, 0.15) is 56.2 Å². The Morgan fingerprint density at radius 3 is 2.48 bits per heavy atom. The van der Waals surface area contributed by atoms with Crippen LogP contribution < -0.4 is 16.4 Å². The topological polar surface area (TPSA) is 81.8 Å². The number of hydrogen-bond donors (Lipinski definition) is 1. The maximum atomic E-state index is 12.2. The van der Waals surface area contributed by atoms with Crippen molar-refractivity contribution in [2.24, 2.45) is 7.05 Å². The summed E-state index contributed by atoms with van der Waals surface area (Å²) in [7, 11) is 1.69. The molecule has 25 heavy (non-hydrogen) atoms. The van der Waals surface area contributed by atoms with Crippen LogP contribution in [0.3, 0.4) is 0 Å². The van der Waals surface area contributed by atoms with Crippen LogP contribution in [0, 0.1) is 0 Å². The number of anilines is 1. The number of aromatic nitrogens is 4. The molecule has 7 heteroatoms. The summed E-state index contributed by atoms with van der Waals surface area (Å²) >= 11 is 0. The van der Waals surface area contributed by atoms with E-state index in [1.165, 1.54) is 29.8 Å². The molecule has 2 heterocycles. The van der Waals surface area contributed by atoms with Crippen molar-refractivity contribution in [3.05, 3.63) is 50.9 Å². The van der Waals surface area contributed by atoms with Gasteiger partial charge in [-0.25, -0.2) is 9.67 Å². The normalized spacial score (nSPS) is 23.4. The van der Waals surface area contributed by atoms with Gasteiger partial charge in [0.2, 0.25) is 0 Å². The van der Waals surface area contributed by atoms with Crippen molar-refractivity contribution in [2.75, 3.05) is 5.32 Å². The highest BCUT2D eigenvalue weighted by Crippen LogP contribution is 2.38. The van der Waals surface area contributed by atoms with E-state index in [4.69, 9.17) is 0 Å². The minimum Gasteiger partial charge on any atom is -0.367 e. The summed E-state index contributed by atoms with van der Waals surface area (Å²) in [5, 5.41) is 7.96. The molecular weight excluding hydrogens is 318 g/mol. The Morgan fingerprint density at radius 2 is 1.80 bits per heavy atom. The highest BCUT2D eigenvalue weighted by molar-refractivity contribution is 5.33. The van der Waals surface area contributed by atoms with Crippen LogP contribution in [-0.4, -0.2) is 25.4 Å². The second kappa shape index (κ2) is 6.46. The molecule has 0 aromatic carbocycles. The summed E-state index contributed by atoms with van der Waals surface area (Å²) in [6, 6.07) is 5.51. The van der Waals surface area contributed by atoms with Gasteiger partial charge in [-0.15, -0.1) is 0 Å². The van der Waals surface area contributed by atoms with Crippen LogP contribution in [0.5, 0.6) is 0 Å². The maximum absolute atomic E-state index is 12.2. The Labute approximate surface area is 145 Å². The van der Waals surface area contributed by atoms with E-state index in [0.717, 1.165) is 31.4 Å². The van der Waals surface area contributed by atoms with Crippen molar-refractivity contribution in [3.63, 3.8) is 0 Å². The monoisotopic (exact) mass is 341 g/mol. The van der Waals surface area contributed by atoms with Gasteiger partial charge in [-0.3, -0.25) is 9.59 Å². The van der Waals surface area contributed by atoms with E-state index in [2.05, 4.69) is 15.4 Å². The van der Waals surface area contributed by atoms with Gasteiger partial charge < -0.3 is 9.88 Å². The second-order valence-corrected chi connectivity index (χ2v) is 7.19. The third-order valence-electron chi connectivity index (χ3n) is 5.21. The first-order chi connectivity index (χ1) is 12.1. The first-order valence-electron chi connectivity index (χ1n) is 8.99. The SMILES string of the molecule is Cn1cnc(NC2CCC(n3nc(C4CC4)ccc3=O)CC2)cc1=O. The van der Waals surface area contributed by atoms with Crippen molar-refractivity contribution in [1.29, 1.82) is 0 Å². The van der Waals surface area contributed by atoms with Gasteiger partial charge in [0, 0.05) is 31.1 Å². The van der Waals surface area contributed by atoms with Gasteiger partial charge in [0.15, 0.2) is 0 Å². The number of rotatable bonds is 4. The Morgan fingerprint density at radius 1 is 1.04 bits per heavy atom. The van der Waals surface area contributed by atoms with E-state index >= 15 is 0 Å². The predicted molar refractivity (Wildman–Crippen MR) is 94.9 cm³/mol. The summed E-state index contributed by atoms with van der Waals surface area (Å²) in [5.41, 5.74) is 0.983. The zero-order valence-corrected chi connectivity index (χ0v) is 14.4. The molecule has 0 saturated heterocycles. The number of hydrogen-bond acceptors (Lipinski definition) is 5. The first kappa shape index (κ1) is 16.1. The molecular formula is C18H23N5O2. The summed E-state index contributed by atoms with van der Waals surface area (Å²) < 4.78 is 3.15. The molecule has 0 aliphatic heterocycles. The third-order valence-corrected chi connectivity index (χ3v) is 5.21. The highest BCUT2D eigenvalue weighted by atomic mass is 16.1. The number of nitrogens with zero attached hydrogens (tertiary/aromatic N) is 4. The highest BCUT2D eigenvalue weighted by Gasteiger charge is 2.28. The van der Waals surface area contributed by atoms with Crippen LogP contribution in [0.15, 0.2) is 34.1 Å². The van der Waals surface area contributed by atoms with Gasteiger partial charge >= 0.3 is 0 Å². The first-order valence-corrected chi connectivity index (χ1v) is 8.99. The van der Waals surface area contributed by atoms with Crippen LogP contribution in [0.25, 0.3) is 0 Å². The van der Waals surface area contributed by atoms with E-state index in [0.29, 0.717) is 11.7 Å². The van der Waals surface area contributed by atoms with Gasteiger partial charge in [0.25, 0.3) is 11.1 Å². The van der Waals surface area contributed by atoms with Crippen molar-refractivity contribution in [1.82, 2.24) is 19.3 Å². The average Bonchev–Trinajstić information content (AvgIpc) is 3.45. The Kier molecular flexibility index (Phi) is 4.15. The molecule has 2 fully saturated rings. The minimum atomic E-state index is -0.0705. The third kappa shape index (κ3) is 3.50. The van der Waals surface area contributed by atoms with Crippen LogP contribution in [0.2, 0.25) is 0 Å². The molecule has 0 radical (unpaired) electrons. The van der Waals surface area contributed by atoms with Crippen LogP contribution >= 0.6 is 0 Å². The number of nitrogens with one attached hydrogen (secondary N) is 1. The standard InChI is InChI=1S/C18H23N5O2/c1-22-11-19-16(10-18(22)25)20-13-4-6-14(7-5-13)23-17(24)9-8-15(21-23)12-2-3-12/h8-14,20H,2-7H2,1H3. The van der Waals surface area contributed by atoms with E-state index in [-0.39, 0.29) is 23.2 Å². The molecule has 0 atom stereocenters. The molecule has 4 rings (SSSR count). The smallest absolute Gasteiger partial charge is 0.267 e. The summed E-state index contributed by atoms with van der Waals surface area (Å²) in [4.78, 5) is 28.1. The van der Waals surface area contributed by atoms with E-state index in [1.807, 2.05) is 6.07 Å². The minimum absolute atomic E-state index is 0.00553. The van der Waals surface area contributed by atoms with Crippen molar-refractivity contribution >= 4 is 5.82 Å². The van der Waals surface area contributed by atoms with Gasteiger partial charge in [0.05, 0.1) is 18.1 Å². The number of aryl methyl sites for hydroxylation is 1. The fourth-order valence-corrected chi connectivity index (χ4v) is 3.51. The predicted octanol–water partition coefficient (Wildman–Crippen LogP) is 1.81. The zero-order chi connectivity index (χ0) is 17.4. The lowest BCUT2D eigenvalue weighted by atomic mass is 9.91. The zero-order valence-electron chi connectivity index (χ0n) is 14.4. The lowest BCUT2D eigenvalue weighted by molar-refractivity contribution is 0.301. The molecule has 0 bridgehead atoms. The van der Waals surface area contributed by atoms with Gasteiger partial charge in [0.1, 0.15) is 5.82 Å². The average molecular weight is 341 g/mol. The summed E-state index contributed by atoms with van der Waals surface area (Å²) in [6.07, 6.45) is 7.58. The molecule has 0 unspecified atom stereocenters. The second-order valence-electron chi connectivity index (χ2n) is 7.19. The fraction of sp³-hybridized carbons (Fsp3) is 0.556. The molecule has 1 N–H and O–H groups in total. The van der Waals surface area contributed by atoms with Crippen molar-refractivity contribution in [2.45, 2.75) is 56.5 Å². The molecule has 2 aliphatic rings. The van der Waals surface area contributed by atoms with Crippen molar-refractivity contribution < 1.29 is 0 Å². The largest absolute Gasteiger partial charge is 0.367 e. The van der Waals surface area contributed by atoms with Crippen LogP contribution in [0.4, 0.5) is 5.82 Å². The Hall–Kier alpha value is -2.44. The quantitative estimate of drug-likeness (QED) is 0.917. The summed E-state index contributed by atoms with van der Waals surface area (Å²) in [6.45, 7) is 0. The molecule has 0 amide bonds. The van der Waals surface area contributed by atoms with Gasteiger partial charge in [-0.2, -0.15) is 5.10 Å². The molecule has 2 aliphatic carbocycles. The molecule has 7 nitrogen and oxygen atoms in total. The van der Waals surface area contributed by atoms with Crippen LogP contribution in [-0.2, 0) is 7.05 Å². The van der Waals surface area contributed by atoms with Crippen molar-refractivity contribution in [3.8, 4) is 0 Å². The molecule has 2 saturated carbocycles. The molecule has 2 aromatic rings. The molecule has 2 aromatic heterocycles. The summed E-state index contributed by atoms with van der Waals surface area (Å²) in [5.74, 6) is 1.18. The maximum Gasteiger partial charge on any atom is 0.267 e. The fourth-order valence-electron chi connectivity index (χ4n) is 3.51. The van der Waals surface area contributed by atoms with Gasteiger partial charge in [-0.1, -0.05) is 0 Å². The molecule has 0 spiro atoms. The van der Waals surface area contributed by atoms with E-state index in [1.54, 1.807) is 17.8 Å². The van der Waals surface area contributed by atoms with E-state index in [9.17, 15) is 9.59 Å². The Balaban J connectivity index is 1.41.